The summed E-state index contributed by atoms with van der Waals surface area (Å²) in [4.78, 5) is 28.6. The third-order valence-corrected chi connectivity index (χ3v) is 2.20. The molecule has 0 saturated carbocycles. The Kier molecular flexibility index (Phi) is 2.78. The minimum absolute atomic E-state index is 0.152. The predicted octanol–water partition coefficient (Wildman–Crippen LogP) is 1.44. The van der Waals surface area contributed by atoms with Gasteiger partial charge in [0.05, 0.1) is 23.2 Å². The molecule has 0 aliphatic heterocycles. The molecule has 2 N–H and O–H groups in total. The normalized spacial score (nSPS) is 10.4. The molecule has 6 nitrogen and oxygen atoms in total. The fourth-order valence-electron chi connectivity index (χ4n) is 1.45. The smallest absolute Gasteiger partial charge is 0.371 e. The lowest BCUT2D eigenvalue weighted by Crippen LogP contribution is -2.04. The van der Waals surface area contributed by atoms with Crippen LogP contribution in [0, 0.1) is 0 Å². The van der Waals surface area contributed by atoms with Crippen molar-refractivity contribution in [3.8, 4) is 0 Å². The maximum Gasteiger partial charge on any atom is 0.371 e. The van der Waals surface area contributed by atoms with Gasteiger partial charge in [0.2, 0.25) is 5.82 Å². The van der Waals surface area contributed by atoms with E-state index in [9.17, 15) is 9.59 Å². The third-order valence-electron chi connectivity index (χ3n) is 2.20. The van der Waals surface area contributed by atoms with Gasteiger partial charge < -0.3 is 14.8 Å². The quantitative estimate of drug-likeness (QED) is 0.784. The molecule has 0 spiro atoms. The van der Waals surface area contributed by atoms with Crippen molar-refractivity contribution < 1.29 is 19.4 Å². The summed E-state index contributed by atoms with van der Waals surface area (Å²) in [6.07, 6.45) is 0. The Balaban J connectivity index is 2.43. The first-order valence-electron chi connectivity index (χ1n) is 5.02. The SMILES string of the molecule is CCOC(=O)c1ccc2nc(C(=O)O)[nH]c2c1. The number of fused-ring (bicyclic) bond motifs is 1. The van der Waals surface area contributed by atoms with E-state index in [1.54, 1.807) is 19.1 Å². The number of aromatic amines is 1. The van der Waals surface area contributed by atoms with Crippen LogP contribution in [0.2, 0.25) is 0 Å². The molecule has 6 heteroatoms. The molecule has 17 heavy (non-hydrogen) atoms. The van der Waals surface area contributed by atoms with E-state index in [1.165, 1.54) is 6.07 Å². The van der Waals surface area contributed by atoms with Gasteiger partial charge in [0, 0.05) is 0 Å². The summed E-state index contributed by atoms with van der Waals surface area (Å²) in [6, 6.07) is 4.64. The van der Waals surface area contributed by atoms with Gasteiger partial charge in [-0.2, -0.15) is 0 Å². The number of imidazole rings is 1. The summed E-state index contributed by atoms with van der Waals surface area (Å²) in [5, 5.41) is 8.76. The van der Waals surface area contributed by atoms with Crippen LogP contribution in [0.25, 0.3) is 11.0 Å². The Morgan fingerprint density at radius 3 is 2.88 bits per heavy atom. The highest BCUT2D eigenvalue weighted by Gasteiger charge is 2.12. The van der Waals surface area contributed by atoms with E-state index < -0.39 is 11.9 Å². The van der Waals surface area contributed by atoms with E-state index in [0.29, 0.717) is 23.2 Å². The molecule has 0 radical (unpaired) electrons. The van der Waals surface area contributed by atoms with Crippen molar-refractivity contribution in [2.45, 2.75) is 6.92 Å². The van der Waals surface area contributed by atoms with E-state index >= 15 is 0 Å². The summed E-state index contributed by atoms with van der Waals surface area (Å²) in [6.45, 7) is 2.01. The number of nitrogens with zero attached hydrogens (tertiary/aromatic N) is 1. The molecule has 0 saturated heterocycles. The van der Waals surface area contributed by atoms with E-state index in [0.717, 1.165) is 0 Å². The van der Waals surface area contributed by atoms with Crippen molar-refractivity contribution in [3.63, 3.8) is 0 Å². The van der Waals surface area contributed by atoms with Crippen LogP contribution < -0.4 is 0 Å². The van der Waals surface area contributed by atoms with Crippen LogP contribution in [0.1, 0.15) is 27.9 Å². The molecule has 0 bridgehead atoms. The molecule has 0 aliphatic carbocycles. The number of rotatable bonds is 3. The van der Waals surface area contributed by atoms with Crippen LogP contribution in [-0.2, 0) is 4.74 Å². The highest BCUT2D eigenvalue weighted by atomic mass is 16.5. The lowest BCUT2D eigenvalue weighted by atomic mass is 10.2. The Bertz CT molecular complexity index is 588. The zero-order valence-electron chi connectivity index (χ0n) is 9.06. The van der Waals surface area contributed by atoms with Crippen molar-refractivity contribution in [3.05, 3.63) is 29.6 Å². The topological polar surface area (TPSA) is 92.3 Å². The summed E-state index contributed by atoms with van der Waals surface area (Å²) >= 11 is 0. The van der Waals surface area contributed by atoms with E-state index in [-0.39, 0.29) is 5.82 Å². The van der Waals surface area contributed by atoms with E-state index in [2.05, 4.69) is 9.97 Å². The summed E-state index contributed by atoms with van der Waals surface area (Å²) in [5.41, 5.74) is 1.35. The average Bonchev–Trinajstić information content (AvgIpc) is 2.71. The van der Waals surface area contributed by atoms with Gasteiger partial charge >= 0.3 is 11.9 Å². The van der Waals surface area contributed by atoms with Gasteiger partial charge in [0.25, 0.3) is 0 Å². The van der Waals surface area contributed by atoms with Crippen molar-refractivity contribution >= 4 is 23.0 Å². The molecule has 1 aromatic carbocycles. The Hall–Kier alpha value is -2.37. The van der Waals surface area contributed by atoms with E-state index in [1.807, 2.05) is 0 Å². The molecule has 0 amide bonds. The van der Waals surface area contributed by atoms with Crippen LogP contribution in [0.3, 0.4) is 0 Å². The van der Waals surface area contributed by atoms with Crippen LogP contribution in [0.4, 0.5) is 0 Å². The number of esters is 1. The van der Waals surface area contributed by atoms with Crippen LogP contribution >= 0.6 is 0 Å². The number of ether oxygens (including phenoxy) is 1. The van der Waals surface area contributed by atoms with Crippen LogP contribution in [0.15, 0.2) is 18.2 Å². The fourth-order valence-corrected chi connectivity index (χ4v) is 1.45. The largest absolute Gasteiger partial charge is 0.475 e. The number of carboxylic acids is 1. The number of carboxylic acid groups (broad SMARTS) is 1. The predicted molar refractivity (Wildman–Crippen MR) is 59.0 cm³/mol. The van der Waals surface area contributed by atoms with E-state index in [4.69, 9.17) is 9.84 Å². The molecule has 1 aromatic heterocycles. The number of benzene rings is 1. The monoisotopic (exact) mass is 234 g/mol. The van der Waals surface area contributed by atoms with Gasteiger partial charge in [0.15, 0.2) is 0 Å². The minimum Gasteiger partial charge on any atom is -0.475 e. The third kappa shape index (κ3) is 2.10. The van der Waals surface area contributed by atoms with Gasteiger partial charge in [-0.3, -0.25) is 0 Å². The fraction of sp³-hybridized carbons (Fsp3) is 0.182. The van der Waals surface area contributed by atoms with Gasteiger partial charge in [-0.05, 0) is 25.1 Å². The second-order valence-electron chi connectivity index (χ2n) is 3.34. The number of aromatic nitrogens is 2. The average molecular weight is 234 g/mol. The highest BCUT2D eigenvalue weighted by molar-refractivity contribution is 5.95. The molecule has 2 rings (SSSR count). The molecule has 0 atom stereocenters. The molecule has 0 fully saturated rings. The molecular weight excluding hydrogens is 224 g/mol. The molecule has 2 aromatic rings. The van der Waals surface area contributed by atoms with Crippen LogP contribution in [0.5, 0.6) is 0 Å². The Labute approximate surface area is 96.2 Å². The number of carbonyl (C=O) groups is 2. The molecular formula is C11H10N2O4. The van der Waals surface area contributed by atoms with Gasteiger partial charge in [-0.15, -0.1) is 0 Å². The molecule has 1 heterocycles. The van der Waals surface area contributed by atoms with Crippen molar-refractivity contribution in [1.82, 2.24) is 9.97 Å². The number of hydrogen-bond donors (Lipinski definition) is 2. The molecule has 0 unspecified atom stereocenters. The minimum atomic E-state index is -1.14. The van der Waals surface area contributed by atoms with Crippen molar-refractivity contribution in [1.29, 1.82) is 0 Å². The first-order valence-corrected chi connectivity index (χ1v) is 5.02. The molecule has 0 aliphatic rings. The van der Waals surface area contributed by atoms with Crippen molar-refractivity contribution in [2.24, 2.45) is 0 Å². The maximum atomic E-state index is 11.5. The first-order chi connectivity index (χ1) is 8.11. The number of hydrogen-bond acceptors (Lipinski definition) is 4. The second kappa shape index (κ2) is 4.25. The number of H-pyrrole nitrogens is 1. The number of nitrogens with one attached hydrogen (secondary N) is 1. The van der Waals surface area contributed by atoms with Crippen molar-refractivity contribution in [2.75, 3.05) is 6.61 Å². The maximum absolute atomic E-state index is 11.5. The first kappa shape index (κ1) is 11.1. The Morgan fingerprint density at radius 1 is 1.47 bits per heavy atom. The zero-order chi connectivity index (χ0) is 12.4. The number of aromatic carboxylic acids is 1. The van der Waals surface area contributed by atoms with Gasteiger partial charge in [-0.25, -0.2) is 14.6 Å². The van der Waals surface area contributed by atoms with Crippen LogP contribution in [-0.4, -0.2) is 33.6 Å². The lowest BCUT2D eigenvalue weighted by molar-refractivity contribution is 0.0526. The standard InChI is InChI=1S/C11H10N2O4/c1-2-17-11(16)6-3-4-7-8(5-6)13-9(12-7)10(14)15/h3-5H,2H2,1H3,(H,12,13)(H,14,15). The lowest BCUT2D eigenvalue weighted by Gasteiger charge is -2.00. The zero-order valence-corrected chi connectivity index (χ0v) is 9.06. The summed E-state index contributed by atoms with van der Waals surface area (Å²) < 4.78 is 4.84. The number of carbonyl (C=O) groups excluding carboxylic acids is 1. The Morgan fingerprint density at radius 2 is 2.24 bits per heavy atom. The summed E-state index contributed by atoms with van der Waals surface area (Å²) in [7, 11) is 0. The highest BCUT2D eigenvalue weighted by Crippen LogP contribution is 2.14. The van der Waals surface area contributed by atoms with Gasteiger partial charge in [0.1, 0.15) is 0 Å². The second-order valence-corrected chi connectivity index (χ2v) is 3.34. The molecule has 88 valence electrons. The van der Waals surface area contributed by atoms with Gasteiger partial charge in [-0.1, -0.05) is 0 Å². The summed E-state index contributed by atoms with van der Waals surface area (Å²) in [5.74, 6) is -1.74.